The van der Waals surface area contributed by atoms with Crippen molar-refractivity contribution < 1.29 is 0 Å². The highest BCUT2D eigenvalue weighted by atomic mass is 32.1. The summed E-state index contributed by atoms with van der Waals surface area (Å²) in [7, 11) is 1.97. The van der Waals surface area contributed by atoms with Crippen molar-refractivity contribution in [1.29, 1.82) is 0 Å². The highest BCUT2D eigenvalue weighted by Crippen LogP contribution is 2.56. The fraction of sp³-hybridized carbons (Fsp3) is 0.500. The molecule has 3 aromatic heterocycles. The van der Waals surface area contributed by atoms with Crippen molar-refractivity contribution in [1.82, 2.24) is 25.0 Å². The number of rotatable bonds is 6. The third-order valence-electron chi connectivity index (χ3n) is 6.02. The van der Waals surface area contributed by atoms with E-state index in [1.807, 2.05) is 35.5 Å². The summed E-state index contributed by atoms with van der Waals surface area (Å²) in [4.78, 5) is 9.97. The molecule has 1 saturated heterocycles. The number of nitrogens with one attached hydrogen (secondary N) is 1. The molecule has 5 nitrogen and oxygen atoms in total. The van der Waals surface area contributed by atoms with Gasteiger partial charge in [0.2, 0.25) is 0 Å². The smallest absolute Gasteiger partial charge is 0.107 e. The Morgan fingerprint density at radius 3 is 2.93 bits per heavy atom. The molecule has 1 spiro atoms. The average Bonchev–Trinajstić information content (AvgIpc) is 3.17. The molecule has 1 aliphatic carbocycles. The van der Waals surface area contributed by atoms with E-state index in [2.05, 4.69) is 44.0 Å². The summed E-state index contributed by atoms with van der Waals surface area (Å²) in [6.45, 7) is 4.33. The predicted octanol–water partition coefficient (Wildman–Crippen LogP) is 3.75. The Bertz CT molecular complexity index is 891. The molecule has 0 radical (unpaired) electrons. The molecule has 5 rings (SSSR count). The lowest BCUT2D eigenvalue weighted by atomic mass is 9.93. The van der Waals surface area contributed by atoms with Crippen molar-refractivity contribution in [3.8, 4) is 10.4 Å². The van der Waals surface area contributed by atoms with Crippen LogP contribution in [0.15, 0.2) is 36.1 Å². The number of piperidine rings is 1. The molecule has 2 aliphatic rings. The van der Waals surface area contributed by atoms with E-state index in [-0.39, 0.29) is 0 Å². The van der Waals surface area contributed by atoms with Crippen LogP contribution < -0.4 is 5.32 Å². The first-order valence-corrected chi connectivity index (χ1v) is 11.3. The van der Waals surface area contributed by atoms with Gasteiger partial charge in [0.05, 0.1) is 12.7 Å². The van der Waals surface area contributed by atoms with E-state index in [1.54, 1.807) is 11.3 Å². The summed E-state index contributed by atoms with van der Waals surface area (Å²) in [5, 5.41) is 11.2. The first kappa shape index (κ1) is 17.6. The van der Waals surface area contributed by atoms with Gasteiger partial charge in [0.1, 0.15) is 5.01 Å². The van der Waals surface area contributed by atoms with Gasteiger partial charge < -0.3 is 5.32 Å². The van der Waals surface area contributed by atoms with Gasteiger partial charge in [0.25, 0.3) is 0 Å². The van der Waals surface area contributed by atoms with Crippen molar-refractivity contribution in [2.75, 3.05) is 13.1 Å². The van der Waals surface area contributed by atoms with Gasteiger partial charge in [-0.1, -0.05) is 0 Å². The summed E-state index contributed by atoms with van der Waals surface area (Å²) in [5.74, 6) is 0. The number of nitrogens with zero attached hydrogens (tertiary/aromatic N) is 4. The molecule has 7 heteroatoms. The van der Waals surface area contributed by atoms with Crippen LogP contribution in [0.5, 0.6) is 0 Å². The fourth-order valence-electron chi connectivity index (χ4n) is 4.45. The Kier molecular flexibility index (Phi) is 4.63. The molecule has 1 N–H and O–H groups in total. The van der Waals surface area contributed by atoms with Crippen LogP contribution in [0.2, 0.25) is 0 Å². The highest BCUT2D eigenvalue weighted by Gasteiger charge is 2.56. The molecular weight excluding hydrogens is 374 g/mol. The molecular formula is C20H25N5S2. The number of aryl methyl sites for hydroxylation is 1. The number of thiazole rings is 1. The van der Waals surface area contributed by atoms with Crippen LogP contribution in [0.1, 0.15) is 29.1 Å². The Morgan fingerprint density at radius 2 is 2.19 bits per heavy atom. The monoisotopic (exact) mass is 399 g/mol. The van der Waals surface area contributed by atoms with Gasteiger partial charge >= 0.3 is 0 Å². The molecule has 4 heterocycles. The van der Waals surface area contributed by atoms with Gasteiger partial charge in [-0.05, 0) is 49.9 Å². The number of hydrogen-bond donors (Lipinski definition) is 1. The zero-order valence-corrected chi connectivity index (χ0v) is 17.2. The highest BCUT2D eigenvalue weighted by molar-refractivity contribution is 7.15. The first-order chi connectivity index (χ1) is 13.2. The van der Waals surface area contributed by atoms with Crippen LogP contribution in [0.3, 0.4) is 0 Å². The van der Waals surface area contributed by atoms with E-state index in [1.165, 1.54) is 52.7 Å². The molecule has 1 saturated carbocycles. The zero-order chi connectivity index (χ0) is 18.3. The summed E-state index contributed by atoms with van der Waals surface area (Å²) in [6.07, 6.45) is 9.95. The van der Waals surface area contributed by atoms with Crippen molar-refractivity contribution in [2.24, 2.45) is 12.5 Å². The minimum atomic E-state index is 0.548. The third kappa shape index (κ3) is 3.61. The fourth-order valence-corrected chi connectivity index (χ4v) is 6.10. The van der Waals surface area contributed by atoms with Gasteiger partial charge in [-0.25, -0.2) is 4.98 Å². The van der Waals surface area contributed by atoms with Crippen LogP contribution in [0.4, 0.5) is 0 Å². The van der Waals surface area contributed by atoms with E-state index >= 15 is 0 Å². The van der Waals surface area contributed by atoms with Crippen molar-refractivity contribution >= 4 is 22.7 Å². The van der Waals surface area contributed by atoms with Gasteiger partial charge in [0.15, 0.2) is 0 Å². The summed E-state index contributed by atoms with van der Waals surface area (Å²) >= 11 is 3.67. The minimum absolute atomic E-state index is 0.548. The Labute approximate surface area is 168 Å². The predicted molar refractivity (Wildman–Crippen MR) is 111 cm³/mol. The second kappa shape index (κ2) is 7.13. The Balaban J connectivity index is 1.34. The van der Waals surface area contributed by atoms with E-state index in [9.17, 15) is 0 Å². The number of aromatic nitrogens is 3. The third-order valence-corrected chi connectivity index (χ3v) is 7.90. The Morgan fingerprint density at radius 1 is 1.30 bits per heavy atom. The number of hydrogen-bond acceptors (Lipinski definition) is 6. The summed E-state index contributed by atoms with van der Waals surface area (Å²) in [6, 6.07) is 5.23. The quantitative estimate of drug-likeness (QED) is 0.686. The maximum Gasteiger partial charge on any atom is 0.107 e. The molecule has 0 amide bonds. The molecule has 1 aliphatic heterocycles. The zero-order valence-electron chi connectivity index (χ0n) is 15.6. The molecule has 3 aromatic rings. The Hall–Kier alpha value is -1.54. The second-order valence-corrected chi connectivity index (χ2v) is 9.98. The van der Waals surface area contributed by atoms with Crippen molar-refractivity contribution in [3.05, 3.63) is 46.0 Å². The minimum Gasteiger partial charge on any atom is -0.317 e. The van der Waals surface area contributed by atoms with Gasteiger partial charge in [-0.3, -0.25) is 9.58 Å². The van der Waals surface area contributed by atoms with Crippen LogP contribution in [0.25, 0.3) is 10.4 Å². The topological polar surface area (TPSA) is 46.0 Å². The van der Waals surface area contributed by atoms with Crippen molar-refractivity contribution in [2.45, 2.75) is 38.4 Å². The molecule has 1 atom stereocenters. The maximum atomic E-state index is 4.55. The lowest BCUT2D eigenvalue weighted by Crippen LogP contribution is -2.35. The van der Waals surface area contributed by atoms with Crippen LogP contribution in [0, 0.1) is 5.41 Å². The molecule has 1 unspecified atom stereocenters. The van der Waals surface area contributed by atoms with Crippen LogP contribution in [-0.4, -0.2) is 38.8 Å². The number of thiophene rings is 1. The molecule has 0 aromatic carbocycles. The normalized spacial score (nSPS) is 21.2. The summed E-state index contributed by atoms with van der Waals surface area (Å²) < 4.78 is 1.87. The SMILES string of the molecule is Cn1cc(-c2ccc(CN(Cc3nccs3)C3CC34CCNCC4)s2)cn1. The first-order valence-electron chi connectivity index (χ1n) is 9.63. The average molecular weight is 400 g/mol. The molecule has 2 fully saturated rings. The lowest BCUT2D eigenvalue weighted by molar-refractivity contribution is 0.189. The van der Waals surface area contributed by atoms with Gasteiger partial charge in [0, 0.05) is 52.7 Å². The van der Waals surface area contributed by atoms with E-state index in [0.29, 0.717) is 11.5 Å². The lowest BCUT2D eigenvalue weighted by Gasteiger charge is -2.28. The van der Waals surface area contributed by atoms with Crippen molar-refractivity contribution in [3.63, 3.8) is 0 Å². The molecule has 0 bridgehead atoms. The standard InChI is InChI=1S/C20H25N5S2/c1-24-12-15(11-23-24)17-3-2-16(27-17)13-25(14-19-22-8-9-26-19)18-10-20(18)4-6-21-7-5-20/h2-3,8-9,11-12,18,21H,4-7,10,13-14H2,1H3. The van der Waals surface area contributed by atoms with Gasteiger partial charge in [-0.15, -0.1) is 22.7 Å². The van der Waals surface area contributed by atoms with E-state index in [0.717, 1.165) is 13.1 Å². The van der Waals surface area contributed by atoms with Gasteiger partial charge in [-0.2, -0.15) is 5.10 Å². The van der Waals surface area contributed by atoms with Crippen LogP contribution in [-0.2, 0) is 20.1 Å². The van der Waals surface area contributed by atoms with E-state index in [4.69, 9.17) is 0 Å². The molecule has 27 heavy (non-hydrogen) atoms. The second-order valence-electron chi connectivity index (χ2n) is 7.83. The van der Waals surface area contributed by atoms with Crippen LogP contribution >= 0.6 is 22.7 Å². The maximum absolute atomic E-state index is 4.55. The summed E-state index contributed by atoms with van der Waals surface area (Å²) in [5.41, 5.74) is 1.76. The molecule has 142 valence electrons. The van der Waals surface area contributed by atoms with E-state index < -0.39 is 0 Å². The largest absolute Gasteiger partial charge is 0.317 e.